The van der Waals surface area contributed by atoms with E-state index in [1.807, 2.05) is 0 Å². The van der Waals surface area contributed by atoms with Crippen molar-refractivity contribution in [3.05, 3.63) is 0 Å². The first-order valence-corrected chi connectivity index (χ1v) is 5.63. The minimum Gasteiger partial charge on any atom is -0.479 e. The van der Waals surface area contributed by atoms with E-state index in [1.165, 1.54) is 0 Å². The van der Waals surface area contributed by atoms with Gasteiger partial charge in [-0.15, -0.1) is 0 Å². The van der Waals surface area contributed by atoms with Crippen molar-refractivity contribution < 1.29 is 24.2 Å². The number of carboxylic acids is 1. The van der Waals surface area contributed by atoms with Crippen molar-refractivity contribution in [1.82, 2.24) is 5.32 Å². The van der Waals surface area contributed by atoms with Gasteiger partial charge < -0.3 is 19.9 Å². The molecule has 0 aliphatic carbocycles. The highest BCUT2D eigenvalue weighted by Gasteiger charge is 2.30. The van der Waals surface area contributed by atoms with Gasteiger partial charge in [0.25, 0.3) is 0 Å². The number of hydrogen-bond acceptors (Lipinski definition) is 4. The maximum atomic E-state index is 11.3. The number of aliphatic carboxylic acids is 1. The Balaban J connectivity index is 2.24. The second-order valence-corrected chi connectivity index (χ2v) is 5.05. The molecule has 17 heavy (non-hydrogen) atoms. The smallest absolute Gasteiger partial charge is 0.407 e. The van der Waals surface area contributed by atoms with Gasteiger partial charge in [-0.1, -0.05) is 0 Å². The van der Waals surface area contributed by atoms with Crippen LogP contribution in [-0.4, -0.2) is 41.5 Å². The molecule has 1 aliphatic rings. The number of rotatable bonds is 3. The number of carboxylic acid groups (broad SMARTS) is 1. The Morgan fingerprint density at radius 3 is 2.53 bits per heavy atom. The van der Waals surface area contributed by atoms with E-state index in [9.17, 15) is 9.59 Å². The fourth-order valence-electron chi connectivity index (χ4n) is 1.55. The summed E-state index contributed by atoms with van der Waals surface area (Å²) in [6.45, 7) is 5.61. The fourth-order valence-corrected chi connectivity index (χ4v) is 1.55. The number of alkyl carbamates (subject to hydrolysis) is 1. The average molecular weight is 245 g/mol. The van der Waals surface area contributed by atoms with Gasteiger partial charge in [-0.3, -0.25) is 0 Å². The summed E-state index contributed by atoms with van der Waals surface area (Å²) < 4.78 is 10.3. The lowest BCUT2D eigenvalue weighted by atomic mass is 10.2. The SMILES string of the molecule is CC(C)(C)OC(=O)NCC1CCC(C(=O)O)O1. The molecule has 1 saturated heterocycles. The van der Waals surface area contributed by atoms with E-state index < -0.39 is 23.8 Å². The molecule has 1 amide bonds. The zero-order valence-electron chi connectivity index (χ0n) is 10.4. The molecule has 0 aromatic rings. The van der Waals surface area contributed by atoms with Crippen molar-refractivity contribution in [2.45, 2.75) is 51.4 Å². The van der Waals surface area contributed by atoms with Crippen molar-refractivity contribution >= 4 is 12.1 Å². The second kappa shape index (κ2) is 5.35. The van der Waals surface area contributed by atoms with E-state index >= 15 is 0 Å². The van der Waals surface area contributed by atoms with Gasteiger partial charge in [-0.25, -0.2) is 9.59 Å². The lowest BCUT2D eigenvalue weighted by Crippen LogP contribution is -2.37. The molecule has 0 aromatic heterocycles. The summed E-state index contributed by atoms with van der Waals surface area (Å²) in [6.07, 6.45) is -0.396. The van der Waals surface area contributed by atoms with Gasteiger partial charge in [0.15, 0.2) is 6.10 Å². The van der Waals surface area contributed by atoms with Crippen molar-refractivity contribution in [1.29, 1.82) is 0 Å². The monoisotopic (exact) mass is 245 g/mol. The Hall–Kier alpha value is -1.30. The van der Waals surface area contributed by atoms with Crippen LogP contribution in [0, 0.1) is 0 Å². The molecule has 98 valence electrons. The van der Waals surface area contributed by atoms with E-state index in [0.717, 1.165) is 0 Å². The zero-order chi connectivity index (χ0) is 13.1. The molecule has 2 N–H and O–H groups in total. The van der Waals surface area contributed by atoms with Gasteiger partial charge in [0.1, 0.15) is 5.60 Å². The lowest BCUT2D eigenvalue weighted by molar-refractivity contribution is -0.149. The van der Waals surface area contributed by atoms with Crippen LogP contribution < -0.4 is 5.32 Å². The second-order valence-electron chi connectivity index (χ2n) is 5.05. The predicted octanol–water partition coefficient (Wildman–Crippen LogP) is 1.14. The van der Waals surface area contributed by atoms with Gasteiger partial charge in [-0.2, -0.15) is 0 Å². The largest absolute Gasteiger partial charge is 0.479 e. The van der Waals surface area contributed by atoms with Crippen molar-refractivity contribution in [2.75, 3.05) is 6.54 Å². The number of hydrogen-bond donors (Lipinski definition) is 2. The van der Waals surface area contributed by atoms with E-state index in [4.69, 9.17) is 14.6 Å². The molecule has 0 bridgehead atoms. The molecule has 1 rings (SSSR count). The highest BCUT2D eigenvalue weighted by molar-refractivity contribution is 5.72. The molecule has 2 atom stereocenters. The van der Waals surface area contributed by atoms with Crippen LogP contribution in [-0.2, 0) is 14.3 Å². The molecule has 0 radical (unpaired) electrons. The van der Waals surface area contributed by atoms with Crippen molar-refractivity contribution in [2.24, 2.45) is 0 Å². The molecule has 0 spiro atoms. The fraction of sp³-hybridized carbons (Fsp3) is 0.818. The summed E-state index contributed by atoms with van der Waals surface area (Å²) >= 11 is 0. The Morgan fingerprint density at radius 2 is 2.06 bits per heavy atom. The third-order valence-corrected chi connectivity index (χ3v) is 2.26. The van der Waals surface area contributed by atoms with Crippen molar-refractivity contribution in [3.63, 3.8) is 0 Å². The molecule has 6 heteroatoms. The van der Waals surface area contributed by atoms with Gasteiger partial charge in [-0.05, 0) is 33.6 Å². The quantitative estimate of drug-likeness (QED) is 0.779. The number of carbonyl (C=O) groups is 2. The van der Waals surface area contributed by atoms with Gasteiger partial charge >= 0.3 is 12.1 Å². The highest BCUT2D eigenvalue weighted by Crippen LogP contribution is 2.19. The summed E-state index contributed by atoms with van der Waals surface area (Å²) in [6, 6.07) is 0. The Kier molecular flexibility index (Phi) is 4.34. The number of nitrogens with one attached hydrogen (secondary N) is 1. The third kappa shape index (κ3) is 5.04. The van der Waals surface area contributed by atoms with Crippen molar-refractivity contribution in [3.8, 4) is 0 Å². The number of amides is 1. The Bertz CT molecular complexity index is 297. The first-order valence-electron chi connectivity index (χ1n) is 5.63. The molecule has 2 unspecified atom stereocenters. The van der Waals surface area contributed by atoms with E-state index in [2.05, 4.69) is 5.32 Å². The molecule has 1 fully saturated rings. The predicted molar refractivity (Wildman–Crippen MR) is 59.8 cm³/mol. The van der Waals surface area contributed by atoms with Crippen LogP contribution >= 0.6 is 0 Å². The average Bonchev–Trinajstić information content (AvgIpc) is 2.60. The number of ether oxygens (including phenoxy) is 2. The van der Waals surface area contributed by atoms with Gasteiger partial charge in [0, 0.05) is 6.54 Å². The Labute approximate surface area is 100 Å². The molecule has 0 saturated carbocycles. The Morgan fingerprint density at radius 1 is 1.41 bits per heavy atom. The zero-order valence-corrected chi connectivity index (χ0v) is 10.4. The topological polar surface area (TPSA) is 84.9 Å². The molecule has 6 nitrogen and oxygen atoms in total. The van der Waals surface area contributed by atoms with Crippen LogP contribution in [0.5, 0.6) is 0 Å². The van der Waals surface area contributed by atoms with Crippen LogP contribution in [0.3, 0.4) is 0 Å². The molecule has 1 heterocycles. The highest BCUT2D eigenvalue weighted by atomic mass is 16.6. The molecule has 1 aliphatic heterocycles. The summed E-state index contributed by atoms with van der Waals surface area (Å²) in [7, 11) is 0. The van der Waals surface area contributed by atoms with Crippen LogP contribution in [0.15, 0.2) is 0 Å². The maximum Gasteiger partial charge on any atom is 0.407 e. The van der Waals surface area contributed by atoms with Crippen LogP contribution in [0.1, 0.15) is 33.6 Å². The standard InChI is InChI=1S/C11H19NO5/c1-11(2,3)17-10(15)12-6-7-4-5-8(16-7)9(13)14/h7-8H,4-6H2,1-3H3,(H,12,15)(H,13,14). The molecule has 0 aromatic carbocycles. The van der Waals surface area contributed by atoms with Gasteiger partial charge in [0.05, 0.1) is 6.10 Å². The summed E-state index contributed by atoms with van der Waals surface area (Å²) in [5, 5.41) is 11.3. The van der Waals surface area contributed by atoms with Gasteiger partial charge in [0.2, 0.25) is 0 Å². The normalized spacial score (nSPS) is 24.4. The minimum atomic E-state index is -0.954. The van der Waals surface area contributed by atoms with Crippen LogP contribution in [0.25, 0.3) is 0 Å². The van der Waals surface area contributed by atoms with Crippen LogP contribution in [0.4, 0.5) is 4.79 Å². The molecular formula is C11H19NO5. The first-order chi connectivity index (χ1) is 7.78. The summed E-state index contributed by atoms with van der Waals surface area (Å²) in [4.78, 5) is 22.0. The first kappa shape index (κ1) is 13.8. The third-order valence-electron chi connectivity index (χ3n) is 2.26. The molecular weight excluding hydrogens is 226 g/mol. The van der Waals surface area contributed by atoms with E-state index in [-0.39, 0.29) is 12.6 Å². The van der Waals surface area contributed by atoms with E-state index in [1.54, 1.807) is 20.8 Å². The lowest BCUT2D eigenvalue weighted by Gasteiger charge is -2.20. The summed E-state index contributed by atoms with van der Waals surface area (Å²) in [5.41, 5.74) is -0.537. The van der Waals surface area contributed by atoms with Crippen LogP contribution in [0.2, 0.25) is 0 Å². The van der Waals surface area contributed by atoms with E-state index in [0.29, 0.717) is 12.8 Å². The number of carbonyl (C=O) groups excluding carboxylic acids is 1. The minimum absolute atomic E-state index is 0.247. The maximum absolute atomic E-state index is 11.3. The summed E-state index contributed by atoms with van der Waals surface area (Å²) in [5.74, 6) is -0.954.